The predicted molar refractivity (Wildman–Crippen MR) is 74.3 cm³/mol. The van der Waals surface area contributed by atoms with Gasteiger partial charge in [0.1, 0.15) is 0 Å². The quantitative estimate of drug-likeness (QED) is 0.549. The second-order valence-electron chi connectivity index (χ2n) is 5.07. The Bertz CT molecular complexity index is 162. The number of ether oxygens (including phenoxy) is 1. The lowest BCUT2D eigenvalue weighted by molar-refractivity contribution is -0.137. The molecule has 0 aromatic carbocycles. The van der Waals surface area contributed by atoms with Gasteiger partial charge < -0.3 is 9.84 Å². The maximum atomic E-state index is 10.4. The zero-order valence-electron chi connectivity index (χ0n) is 12.3. The first-order valence-corrected chi connectivity index (χ1v) is 7.48. The summed E-state index contributed by atoms with van der Waals surface area (Å²) in [5.41, 5.74) is -0.283. The van der Waals surface area contributed by atoms with Crippen LogP contribution >= 0.6 is 0 Å². The summed E-state index contributed by atoms with van der Waals surface area (Å²) in [6.07, 6.45) is 7.92. The van der Waals surface area contributed by atoms with Crippen LogP contribution in [0.15, 0.2) is 0 Å². The van der Waals surface area contributed by atoms with Gasteiger partial charge in [-0.25, -0.2) is 0 Å². The normalized spacial score (nSPS) is 13.9. The molecule has 1 unspecified atom stereocenters. The first kappa shape index (κ1) is 16.9. The number of aliphatic hydroxyl groups excluding tert-OH is 1. The molecule has 1 atom stereocenters. The van der Waals surface area contributed by atoms with Gasteiger partial charge in [-0.3, -0.25) is 0 Å². The fourth-order valence-electron chi connectivity index (χ4n) is 2.50. The Hall–Kier alpha value is -0.0800. The third-order valence-electron chi connectivity index (χ3n) is 3.40. The molecular weight excluding hydrogens is 212 g/mol. The molecule has 104 valence electrons. The average molecular weight is 244 g/mol. The monoisotopic (exact) mass is 244 g/mol. The fourth-order valence-corrected chi connectivity index (χ4v) is 2.50. The maximum Gasteiger partial charge on any atom is 0.0939 e. The van der Waals surface area contributed by atoms with Gasteiger partial charge in [-0.2, -0.15) is 0 Å². The lowest BCUT2D eigenvalue weighted by Crippen LogP contribution is -2.45. The second kappa shape index (κ2) is 9.90. The molecule has 0 fully saturated rings. The molecule has 0 aliphatic heterocycles. The van der Waals surface area contributed by atoms with Crippen molar-refractivity contribution in [3.05, 3.63) is 0 Å². The summed E-state index contributed by atoms with van der Waals surface area (Å²) in [7, 11) is 0. The molecule has 0 spiro atoms. The van der Waals surface area contributed by atoms with E-state index in [0.29, 0.717) is 0 Å². The molecule has 17 heavy (non-hydrogen) atoms. The first-order valence-electron chi connectivity index (χ1n) is 7.48. The molecule has 0 heterocycles. The van der Waals surface area contributed by atoms with Gasteiger partial charge in [-0.1, -0.05) is 53.4 Å². The lowest BCUT2D eigenvalue weighted by atomic mass is 9.84. The van der Waals surface area contributed by atoms with Crippen LogP contribution in [0.1, 0.15) is 79.1 Å². The number of hydrogen-bond acceptors (Lipinski definition) is 2. The minimum absolute atomic E-state index is 0.283. The predicted octanol–water partition coefficient (Wildman–Crippen LogP) is 4.30. The van der Waals surface area contributed by atoms with Crippen molar-refractivity contribution in [2.45, 2.75) is 90.8 Å². The van der Waals surface area contributed by atoms with Gasteiger partial charge in [0.15, 0.2) is 0 Å². The number of unbranched alkanes of at least 4 members (excludes halogenated alkanes) is 1. The van der Waals surface area contributed by atoms with Gasteiger partial charge in [-0.15, -0.1) is 0 Å². The van der Waals surface area contributed by atoms with Crippen LogP contribution in [0.25, 0.3) is 0 Å². The van der Waals surface area contributed by atoms with Crippen molar-refractivity contribution in [3.8, 4) is 0 Å². The summed E-state index contributed by atoms with van der Waals surface area (Å²) in [5.74, 6) is 0. The Morgan fingerprint density at radius 2 is 1.53 bits per heavy atom. The van der Waals surface area contributed by atoms with Gasteiger partial charge >= 0.3 is 0 Å². The van der Waals surface area contributed by atoms with Crippen molar-refractivity contribution in [2.75, 3.05) is 6.61 Å². The number of hydrogen-bond donors (Lipinski definition) is 1. The topological polar surface area (TPSA) is 29.5 Å². The number of aliphatic hydroxyl groups is 1. The largest absolute Gasteiger partial charge is 0.390 e. The highest BCUT2D eigenvalue weighted by molar-refractivity contribution is 4.88. The van der Waals surface area contributed by atoms with Crippen LogP contribution in [0, 0.1) is 0 Å². The average Bonchev–Trinajstić information content (AvgIpc) is 2.30. The Morgan fingerprint density at radius 3 is 1.94 bits per heavy atom. The molecule has 0 aromatic heterocycles. The van der Waals surface area contributed by atoms with Gasteiger partial charge in [0.2, 0.25) is 0 Å². The van der Waals surface area contributed by atoms with E-state index in [-0.39, 0.29) is 11.7 Å². The van der Waals surface area contributed by atoms with E-state index in [1.165, 1.54) is 0 Å². The highest BCUT2D eigenvalue weighted by Crippen LogP contribution is 2.31. The SMILES string of the molecule is CCCCOC(CCC)(CCC)C(O)CCC. The molecule has 0 bridgehead atoms. The lowest BCUT2D eigenvalue weighted by Gasteiger charge is -2.38. The molecule has 0 saturated carbocycles. The number of rotatable bonds is 11. The standard InChI is InChI=1S/C15H32O2/c1-5-9-13-17-15(11-7-3,12-8-4)14(16)10-6-2/h14,16H,5-13H2,1-4H3. The Kier molecular flexibility index (Phi) is 9.85. The molecule has 2 nitrogen and oxygen atoms in total. The van der Waals surface area contributed by atoms with Crippen molar-refractivity contribution >= 4 is 0 Å². The summed E-state index contributed by atoms with van der Waals surface area (Å²) in [6, 6.07) is 0. The molecule has 2 heteroatoms. The molecule has 0 aromatic rings. The van der Waals surface area contributed by atoms with Crippen LogP contribution in [0.3, 0.4) is 0 Å². The highest BCUT2D eigenvalue weighted by Gasteiger charge is 2.36. The summed E-state index contributed by atoms with van der Waals surface area (Å²) >= 11 is 0. The molecule has 0 radical (unpaired) electrons. The van der Waals surface area contributed by atoms with Gasteiger partial charge in [-0.05, 0) is 25.7 Å². The zero-order valence-corrected chi connectivity index (χ0v) is 12.3. The summed E-state index contributed by atoms with van der Waals surface area (Å²) < 4.78 is 6.12. The smallest absolute Gasteiger partial charge is 0.0939 e. The molecular formula is C15H32O2. The van der Waals surface area contributed by atoms with Crippen molar-refractivity contribution in [3.63, 3.8) is 0 Å². The van der Waals surface area contributed by atoms with E-state index in [2.05, 4.69) is 27.7 Å². The van der Waals surface area contributed by atoms with Crippen molar-refractivity contribution in [1.29, 1.82) is 0 Å². The molecule has 0 aliphatic carbocycles. The van der Waals surface area contributed by atoms with Crippen LogP contribution < -0.4 is 0 Å². The Balaban J connectivity index is 4.57. The van der Waals surface area contributed by atoms with Crippen LogP contribution in [0.4, 0.5) is 0 Å². The van der Waals surface area contributed by atoms with Crippen LogP contribution in [0.2, 0.25) is 0 Å². The third-order valence-corrected chi connectivity index (χ3v) is 3.40. The third kappa shape index (κ3) is 5.87. The Morgan fingerprint density at radius 1 is 0.941 bits per heavy atom. The summed E-state index contributed by atoms with van der Waals surface area (Å²) in [5, 5.41) is 10.4. The highest BCUT2D eigenvalue weighted by atomic mass is 16.5. The van der Waals surface area contributed by atoms with Gasteiger partial charge in [0.05, 0.1) is 11.7 Å². The van der Waals surface area contributed by atoms with Gasteiger partial charge in [0.25, 0.3) is 0 Å². The van der Waals surface area contributed by atoms with E-state index < -0.39 is 0 Å². The van der Waals surface area contributed by atoms with Crippen molar-refractivity contribution in [2.24, 2.45) is 0 Å². The van der Waals surface area contributed by atoms with E-state index in [4.69, 9.17) is 4.74 Å². The molecule has 1 N–H and O–H groups in total. The molecule has 0 aliphatic rings. The van der Waals surface area contributed by atoms with Crippen LogP contribution in [-0.4, -0.2) is 23.4 Å². The molecule has 0 amide bonds. The van der Waals surface area contributed by atoms with E-state index in [9.17, 15) is 5.11 Å². The van der Waals surface area contributed by atoms with E-state index in [1.54, 1.807) is 0 Å². The van der Waals surface area contributed by atoms with E-state index >= 15 is 0 Å². The minimum atomic E-state index is -0.302. The summed E-state index contributed by atoms with van der Waals surface area (Å²) in [6.45, 7) is 9.43. The van der Waals surface area contributed by atoms with E-state index in [0.717, 1.165) is 58.0 Å². The van der Waals surface area contributed by atoms with Crippen LogP contribution in [-0.2, 0) is 4.74 Å². The van der Waals surface area contributed by atoms with Crippen molar-refractivity contribution < 1.29 is 9.84 Å². The molecule has 0 saturated heterocycles. The second-order valence-corrected chi connectivity index (χ2v) is 5.07. The molecule has 0 rings (SSSR count). The maximum absolute atomic E-state index is 10.4. The first-order chi connectivity index (χ1) is 8.16. The van der Waals surface area contributed by atoms with Gasteiger partial charge in [0, 0.05) is 6.61 Å². The van der Waals surface area contributed by atoms with Crippen molar-refractivity contribution in [1.82, 2.24) is 0 Å². The minimum Gasteiger partial charge on any atom is -0.390 e. The van der Waals surface area contributed by atoms with E-state index in [1.807, 2.05) is 0 Å². The fraction of sp³-hybridized carbons (Fsp3) is 1.00. The van der Waals surface area contributed by atoms with Crippen LogP contribution in [0.5, 0.6) is 0 Å². The Labute approximate surface area is 108 Å². The zero-order chi connectivity index (χ0) is 13.1. The summed E-state index contributed by atoms with van der Waals surface area (Å²) in [4.78, 5) is 0.